The van der Waals surface area contributed by atoms with Gasteiger partial charge in [-0.15, -0.1) is 0 Å². The Kier molecular flexibility index (Phi) is 3.04. The van der Waals surface area contributed by atoms with Gasteiger partial charge in [-0.05, 0) is 55.6 Å². The van der Waals surface area contributed by atoms with Gasteiger partial charge in [0.05, 0.1) is 10.7 Å². The first-order chi connectivity index (χ1) is 8.24. The minimum Gasteiger partial charge on any atom is -0.384 e. The second kappa shape index (κ2) is 4.53. The highest BCUT2D eigenvalue weighted by Crippen LogP contribution is 2.48. The van der Waals surface area contributed by atoms with Crippen LogP contribution in [0.25, 0.3) is 0 Å². The maximum Gasteiger partial charge on any atom is 0.0666 e. The highest BCUT2D eigenvalue weighted by atomic mass is 35.5. The molecule has 92 valence electrons. The summed E-state index contributed by atoms with van der Waals surface area (Å²) in [6.45, 7) is 3.16. The van der Waals surface area contributed by atoms with Gasteiger partial charge in [-0.1, -0.05) is 30.2 Å². The summed E-state index contributed by atoms with van der Waals surface area (Å²) in [5, 5.41) is 4.43. The highest BCUT2D eigenvalue weighted by Gasteiger charge is 2.39. The van der Waals surface area contributed by atoms with Gasteiger partial charge in [0, 0.05) is 6.54 Å². The van der Waals surface area contributed by atoms with Crippen LogP contribution < -0.4 is 5.32 Å². The molecular formula is C15H20ClN. The average molecular weight is 250 g/mol. The summed E-state index contributed by atoms with van der Waals surface area (Å²) >= 11 is 6.30. The molecule has 2 saturated carbocycles. The maximum absolute atomic E-state index is 6.30. The lowest BCUT2D eigenvalue weighted by Gasteiger charge is -2.22. The summed E-state index contributed by atoms with van der Waals surface area (Å²) < 4.78 is 0. The number of aryl methyl sites for hydroxylation is 1. The molecule has 1 N–H and O–H groups in total. The van der Waals surface area contributed by atoms with E-state index in [1.54, 1.807) is 0 Å². The summed E-state index contributed by atoms with van der Waals surface area (Å²) in [5.41, 5.74) is 2.26. The quantitative estimate of drug-likeness (QED) is 0.832. The monoisotopic (exact) mass is 249 g/mol. The SMILES string of the molecule is Cc1cccc(NCC2CC3CCC2C3)c1Cl. The van der Waals surface area contributed by atoms with Crippen molar-refractivity contribution in [1.82, 2.24) is 0 Å². The standard InChI is InChI=1S/C15H20ClN/c1-10-3-2-4-14(15(10)16)17-9-13-8-11-5-6-12(13)7-11/h2-4,11-13,17H,5-9H2,1H3. The van der Waals surface area contributed by atoms with E-state index in [4.69, 9.17) is 11.6 Å². The molecule has 0 radical (unpaired) electrons. The minimum absolute atomic E-state index is 0.880. The molecular weight excluding hydrogens is 230 g/mol. The van der Waals surface area contributed by atoms with Crippen LogP contribution in [-0.2, 0) is 0 Å². The van der Waals surface area contributed by atoms with Crippen molar-refractivity contribution in [2.75, 3.05) is 11.9 Å². The van der Waals surface area contributed by atoms with Crippen LogP contribution in [0.5, 0.6) is 0 Å². The fourth-order valence-corrected chi connectivity index (χ4v) is 3.84. The van der Waals surface area contributed by atoms with Crippen molar-refractivity contribution in [3.8, 4) is 0 Å². The van der Waals surface area contributed by atoms with Crippen molar-refractivity contribution in [3.05, 3.63) is 28.8 Å². The number of nitrogens with one attached hydrogen (secondary N) is 1. The van der Waals surface area contributed by atoms with Crippen LogP contribution in [0.3, 0.4) is 0 Å². The molecule has 2 bridgehead atoms. The number of benzene rings is 1. The molecule has 17 heavy (non-hydrogen) atoms. The maximum atomic E-state index is 6.30. The Hall–Kier alpha value is -0.690. The molecule has 0 aliphatic heterocycles. The van der Waals surface area contributed by atoms with Crippen molar-refractivity contribution in [3.63, 3.8) is 0 Å². The van der Waals surface area contributed by atoms with Crippen molar-refractivity contribution in [2.24, 2.45) is 17.8 Å². The van der Waals surface area contributed by atoms with Gasteiger partial charge >= 0.3 is 0 Å². The molecule has 0 spiro atoms. The smallest absolute Gasteiger partial charge is 0.0666 e. The lowest BCUT2D eigenvalue weighted by molar-refractivity contribution is 0.348. The van der Waals surface area contributed by atoms with Crippen LogP contribution in [0.4, 0.5) is 5.69 Å². The summed E-state index contributed by atoms with van der Waals surface area (Å²) in [4.78, 5) is 0. The predicted molar refractivity (Wildman–Crippen MR) is 73.6 cm³/mol. The van der Waals surface area contributed by atoms with Gasteiger partial charge in [-0.25, -0.2) is 0 Å². The van der Waals surface area contributed by atoms with Gasteiger partial charge in [0.2, 0.25) is 0 Å². The Labute approximate surface area is 109 Å². The van der Waals surface area contributed by atoms with E-state index < -0.39 is 0 Å². The van der Waals surface area contributed by atoms with Crippen LogP contribution in [0.1, 0.15) is 31.2 Å². The first kappa shape index (κ1) is 11.4. The van der Waals surface area contributed by atoms with E-state index in [-0.39, 0.29) is 0 Å². The van der Waals surface area contributed by atoms with E-state index in [2.05, 4.69) is 30.4 Å². The highest BCUT2D eigenvalue weighted by molar-refractivity contribution is 6.33. The van der Waals surface area contributed by atoms with Crippen LogP contribution in [-0.4, -0.2) is 6.54 Å². The van der Waals surface area contributed by atoms with Crippen molar-refractivity contribution in [2.45, 2.75) is 32.6 Å². The van der Waals surface area contributed by atoms with E-state index in [1.165, 1.54) is 25.7 Å². The van der Waals surface area contributed by atoms with Crippen LogP contribution in [0.15, 0.2) is 18.2 Å². The Morgan fingerprint density at radius 3 is 2.88 bits per heavy atom. The zero-order valence-corrected chi connectivity index (χ0v) is 11.1. The third-order valence-corrected chi connectivity index (χ3v) is 5.13. The number of hydrogen-bond acceptors (Lipinski definition) is 1. The Morgan fingerprint density at radius 1 is 1.29 bits per heavy atom. The molecule has 0 amide bonds. The molecule has 2 aliphatic rings. The van der Waals surface area contributed by atoms with Gasteiger partial charge in [-0.3, -0.25) is 0 Å². The minimum atomic E-state index is 0.880. The normalized spacial score (nSPS) is 30.8. The first-order valence-corrected chi connectivity index (χ1v) is 7.11. The van der Waals surface area contributed by atoms with Crippen molar-refractivity contribution >= 4 is 17.3 Å². The van der Waals surface area contributed by atoms with Gasteiger partial charge in [0.15, 0.2) is 0 Å². The number of hydrogen-bond donors (Lipinski definition) is 1. The topological polar surface area (TPSA) is 12.0 Å². The molecule has 0 heterocycles. The summed E-state index contributed by atoms with van der Waals surface area (Å²) in [5.74, 6) is 2.89. The lowest BCUT2D eigenvalue weighted by Crippen LogP contribution is -2.20. The summed E-state index contributed by atoms with van der Waals surface area (Å²) in [6.07, 6.45) is 5.85. The van der Waals surface area contributed by atoms with Gasteiger partial charge in [0.25, 0.3) is 0 Å². The molecule has 2 heteroatoms. The predicted octanol–water partition coefficient (Wildman–Crippen LogP) is 4.50. The molecule has 3 atom stereocenters. The molecule has 0 saturated heterocycles. The van der Waals surface area contributed by atoms with E-state index >= 15 is 0 Å². The fourth-order valence-electron chi connectivity index (χ4n) is 3.65. The van der Waals surface area contributed by atoms with Gasteiger partial charge in [0.1, 0.15) is 0 Å². The van der Waals surface area contributed by atoms with Gasteiger partial charge in [-0.2, -0.15) is 0 Å². The van der Waals surface area contributed by atoms with Crippen molar-refractivity contribution < 1.29 is 0 Å². The molecule has 1 aromatic rings. The second-order valence-corrected chi connectivity index (χ2v) is 6.13. The summed E-state index contributed by atoms with van der Waals surface area (Å²) in [6, 6.07) is 6.22. The van der Waals surface area contributed by atoms with Crippen LogP contribution in [0, 0.1) is 24.7 Å². The second-order valence-electron chi connectivity index (χ2n) is 5.75. The number of anilines is 1. The lowest BCUT2D eigenvalue weighted by atomic mass is 9.89. The van der Waals surface area contributed by atoms with Gasteiger partial charge < -0.3 is 5.32 Å². The Bertz CT molecular complexity index is 415. The first-order valence-electron chi connectivity index (χ1n) is 6.73. The van der Waals surface area contributed by atoms with Crippen LogP contribution >= 0.6 is 11.6 Å². The number of rotatable bonds is 3. The molecule has 3 rings (SSSR count). The zero-order valence-electron chi connectivity index (χ0n) is 10.4. The molecule has 2 aliphatic carbocycles. The van der Waals surface area contributed by atoms with E-state index in [0.29, 0.717) is 0 Å². The largest absolute Gasteiger partial charge is 0.384 e. The Morgan fingerprint density at radius 2 is 2.18 bits per heavy atom. The molecule has 3 unspecified atom stereocenters. The molecule has 0 aromatic heterocycles. The molecule has 1 aromatic carbocycles. The average Bonchev–Trinajstić information content (AvgIpc) is 2.93. The Balaban J connectivity index is 1.62. The summed E-state index contributed by atoms with van der Waals surface area (Å²) in [7, 11) is 0. The number of halogens is 1. The number of fused-ring (bicyclic) bond motifs is 2. The van der Waals surface area contributed by atoms with Crippen molar-refractivity contribution in [1.29, 1.82) is 0 Å². The molecule has 2 fully saturated rings. The van der Waals surface area contributed by atoms with E-state index in [9.17, 15) is 0 Å². The molecule has 1 nitrogen and oxygen atoms in total. The fraction of sp³-hybridized carbons (Fsp3) is 0.600. The third-order valence-electron chi connectivity index (χ3n) is 4.63. The van der Waals surface area contributed by atoms with Crippen LogP contribution in [0.2, 0.25) is 5.02 Å². The zero-order chi connectivity index (χ0) is 11.8. The van der Waals surface area contributed by atoms with E-state index in [1.807, 2.05) is 0 Å². The third kappa shape index (κ3) is 2.18. The van der Waals surface area contributed by atoms with E-state index in [0.717, 1.165) is 40.6 Å².